The van der Waals surface area contributed by atoms with E-state index in [2.05, 4.69) is 53.5 Å². The Labute approximate surface area is 105 Å². The minimum absolute atomic E-state index is 0.257. The van der Waals surface area contributed by atoms with Crippen LogP contribution in [0.25, 0.3) is 10.8 Å². The summed E-state index contributed by atoms with van der Waals surface area (Å²) in [6.07, 6.45) is 3.23. The maximum absolute atomic E-state index is 8.09. The molecule has 88 valence electrons. The molecule has 0 atom stereocenters. The van der Waals surface area contributed by atoms with Crippen LogP contribution in [0, 0.1) is 11.3 Å². The second-order valence-electron chi connectivity index (χ2n) is 3.61. The highest BCUT2D eigenvalue weighted by atomic mass is 16.3. The fourth-order valence-electron chi connectivity index (χ4n) is 1.54. The molecule has 1 heterocycles. The summed E-state index contributed by atoms with van der Waals surface area (Å²) in [5.74, 6) is 0.479. The summed E-state index contributed by atoms with van der Waals surface area (Å²) in [5, 5.41) is 10.7. The van der Waals surface area contributed by atoms with E-state index in [1.165, 1.54) is 23.2 Å². The maximum atomic E-state index is 8.09. The molecule has 0 saturated carbocycles. The van der Waals surface area contributed by atoms with Gasteiger partial charge in [0.1, 0.15) is 12.7 Å². The molecule has 3 heteroatoms. The molecular formula is C15H12N2O. The first kappa shape index (κ1) is 11.9. The van der Waals surface area contributed by atoms with Gasteiger partial charge in [0.2, 0.25) is 5.89 Å². The number of nitriles is 1. The molecule has 0 aliphatic carbocycles. The number of nitrogens with zero attached hydrogens (tertiary/aromatic N) is 2. The Morgan fingerprint density at radius 1 is 1.00 bits per heavy atom. The molecule has 0 aliphatic heterocycles. The Morgan fingerprint density at radius 3 is 1.94 bits per heavy atom. The molecule has 0 N–H and O–H groups in total. The molecule has 0 spiro atoms. The summed E-state index contributed by atoms with van der Waals surface area (Å²) in [6.45, 7) is 0. The Hall–Kier alpha value is -2.60. The largest absolute Gasteiger partial charge is 0.448 e. The van der Waals surface area contributed by atoms with Crippen LogP contribution in [0.2, 0.25) is 0 Å². The van der Waals surface area contributed by atoms with E-state index >= 15 is 0 Å². The summed E-state index contributed by atoms with van der Waals surface area (Å²) in [5.41, 5.74) is 0. The fourth-order valence-corrected chi connectivity index (χ4v) is 1.54. The molecule has 3 nitrogen and oxygen atoms in total. The van der Waals surface area contributed by atoms with Gasteiger partial charge in [0.25, 0.3) is 0 Å². The lowest BCUT2D eigenvalue weighted by molar-refractivity contribution is 0.510. The van der Waals surface area contributed by atoms with E-state index in [0.717, 1.165) is 0 Å². The molecule has 18 heavy (non-hydrogen) atoms. The first-order chi connectivity index (χ1) is 8.90. The van der Waals surface area contributed by atoms with Crippen molar-refractivity contribution in [2.24, 2.45) is 0 Å². The molecular weight excluding hydrogens is 224 g/mol. The van der Waals surface area contributed by atoms with Crippen LogP contribution in [0.3, 0.4) is 0 Å². The van der Waals surface area contributed by atoms with Crippen molar-refractivity contribution in [2.75, 3.05) is 0 Å². The zero-order valence-electron chi connectivity index (χ0n) is 9.78. The summed E-state index contributed by atoms with van der Waals surface area (Å²) in [7, 11) is 0. The molecule has 2 aromatic carbocycles. The van der Waals surface area contributed by atoms with E-state index in [-0.39, 0.29) is 6.42 Å². The molecule has 0 radical (unpaired) electrons. The SMILES string of the molecule is N#CCc1ncco1.c1ccc2ccccc2c1. The Morgan fingerprint density at radius 2 is 1.56 bits per heavy atom. The predicted molar refractivity (Wildman–Crippen MR) is 69.8 cm³/mol. The monoisotopic (exact) mass is 236 g/mol. The average molecular weight is 236 g/mol. The first-order valence-electron chi connectivity index (χ1n) is 5.59. The van der Waals surface area contributed by atoms with E-state index in [0.29, 0.717) is 5.89 Å². The van der Waals surface area contributed by atoms with Crippen molar-refractivity contribution < 1.29 is 4.42 Å². The van der Waals surface area contributed by atoms with Gasteiger partial charge in [0.05, 0.1) is 12.3 Å². The number of benzene rings is 2. The third-order valence-electron chi connectivity index (χ3n) is 2.37. The van der Waals surface area contributed by atoms with Gasteiger partial charge in [-0.3, -0.25) is 0 Å². The van der Waals surface area contributed by atoms with Gasteiger partial charge in [-0.2, -0.15) is 5.26 Å². The number of fused-ring (bicyclic) bond motifs is 1. The molecule has 3 aromatic rings. The van der Waals surface area contributed by atoms with Crippen LogP contribution in [0.15, 0.2) is 65.4 Å². The molecule has 0 aliphatic rings. The third-order valence-corrected chi connectivity index (χ3v) is 2.37. The van der Waals surface area contributed by atoms with E-state index in [1.807, 2.05) is 6.07 Å². The van der Waals surface area contributed by atoms with Gasteiger partial charge >= 0.3 is 0 Å². The van der Waals surface area contributed by atoms with E-state index < -0.39 is 0 Å². The fraction of sp³-hybridized carbons (Fsp3) is 0.0667. The van der Waals surface area contributed by atoms with Gasteiger partial charge < -0.3 is 4.42 Å². The molecule has 3 rings (SSSR count). The minimum Gasteiger partial charge on any atom is -0.448 e. The molecule has 0 saturated heterocycles. The quantitative estimate of drug-likeness (QED) is 0.648. The molecule has 0 unspecified atom stereocenters. The number of oxazole rings is 1. The van der Waals surface area contributed by atoms with Crippen molar-refractivity contribution in [3.63, 3.8) is 0 Å². The molecule has 0 fully saturated rings. The van der Waals surface area contributed by atoms with E-state index in [4.69, 9.17) is 9.68 Å². The summed E-state index contributed by atoms with van der Waals surface area (Å²) in [4.78, 5) is 3.72. The standard InChI is InChI=1S/C10H8.C5H4N2O/c1-2-6-10-8-4-3-7-9(10)5-1;6-2-1-5-7-3-4-8-5/h1-8H;3-4H,1H2. The van der Waals surface area contributed by atoms with Crippen LogP contribution < -0.4 is 0 Å². The van der Waals surface area contributed by atoms with E-state index in [1.54, 1.807) is 0 Å². The zero-order valence-corrected chi connectivity index (χ0v) is 9.78. The molecule has 0 bridgehead atoms. The number of hydrogen-bond donors (Lipinski definition) is 0. The third kappa shape index (κ3) is 3.19. The van der Waals surface area contributed by atoms with Crippen LogP contribution in [-0.4, -0.2) is 4.98 Å². The van der Waals surface area contributed by atoms with Crippen molar-refractivity contribution in [2.45, 2.75) is 6.42 Å². The van der Waals surface area contributed by atoms with Gasteiger partial charge in [0, 0.05) is 0 Å². The van der Waals surface area contributed by atoms with Gasteiger partial charge in [0.15, 0.2) is 0 Å². The average Bonchev–Trinajstić information content (AvgIpc) is 2.93. The van der Waals surface area contributed by atoms with Crippen LogP contribution in [0.5, 0.6) is 0 Å². The lowest BCUT2D eigenvalue weighted by atomic mass is 10.1. The van der Waals surface area contributed by atoms with Crippen molar-refractivity contribution in [1.29, 1.82) is 5.26 Å². The van der Waals surface area contributed by atoms with Crippen molar-refractivity contribution >= 4 is 10.8 Å². The normalized spacial score (nSPS) is 9.28. The maximum Gasteiger partial charge on any atom is 0.208 e. The van der Waals surface area contributed by atoms with E-state index in [9.17, 15) is 0 Å². The molecule has 0 amide bonds. The Balaban J connectivity index is 0.000000138. The van der Waals surface area contributed by atoms with Gasteiger partial charge in [-0.25, -0.2) is 4.98 Å². The van der Waals surface area contributed by atoms with Crippen LogP contribution in [-0.2, 0) is 6.42 Å². The highest BCUT2D eigenvalue weighted by molar-refractivity contribution is 5.81. The Bertz CT molecular complexity index is 573. The van der Waals surface area contributed by atoms with Crippen molar-refractivity contribution in [1.82, 2.24) is 4.98 Å². The second-order valence-corrected chi connectivity index (χ2v) is 3.61. The first-order valence-corrected chi connectivity index (χ1v) is 5.59. The van der Waals surface area contributed by atoms with Crippen LogP contribution in [0.4, 0.5) is 0 Å². The zero-order chi connectivity index (χ0) is 12.6. The van der Waals surface area contributed by atoms with Gasteiger partial charge in [-0.05, 0) is 10.8 Å². The summed E-state index contributed by atoms with van der Waals surface area (Å²) in [6, 6.07) is 18.6. The highest BCUT2D eigenvalue weighted by Crippen LogP contribution is 2.11. The molecule has 1 aromatic heterocycles. The number of rotatable bonds is 1. The Kier molecular flexibility index (Phi) is 4.10. The van der Waals surface area contributed by atoms with Crippen molar-refractivity contribution in [3.05, 3.63) is 66.9 Å². The number of aromatic nitrogens is 1. The highest BCUT2D eigenvalue weighted by Gasteiger charge is 1.91. The van der Waals surface area contributed by atoms with Crippen molar-refractivity contribution in [3.8, 4) is 6.07 Å². The predicted octanol–water partition coefficient (Wildman–Crippen LogP) is 3.58. The topological polar surface area (TPSA) is 49.8 Å². The van der Waals surface area contributed by atoms with Crippen LogP contribution >= 0.6 is 0 Å². The van der Waals surface area contributed by atoms with Gasteiger partial charge in [-0.15, -0.1) is 0 Å². The smallest absolute Gasteiger partial charge is 0.208 e. The number of hydrogen-bond acceptors (Lipinski definition) is 3. The lowest BCUT2D eigenvalue weighted by Crippen LogP contribution is -1.76. The second kappa shape index (κ2) is 6.21. The lowest BCUT2D eigenvalue weighted by Gasteiger charge is -1.92. The summed E-state index contributed by atoms with van der Waals surface area (Å²) < 4.78 is 4.74. The minimum atomic E-state index is 0.257. The van der Waals surface area contributed by atoms with Gasteiger partial charge in [-0.1, -0.05) is 48.5 Å². The van der Waals surface area contributed by atoms with Crippen LogP contribution in [0.1, 0.15) is 5.89 Å². The summed E-state index contributed by atoms with van der Waals surface area (Å²) >= 11 is 0.